The summed E-state index contributed by atoms with van der Waals surface area (Å²) < 4.78 is 5.06. The molecular formula is C18H22N2O3. The van der Waals surface area contributed by atoms with Crippen molar-refractivity contribution in [2.24, 2.45) is 11.7 Å². The molecule has 3 N–H and O–H groups in total. The molecule has 2 rings (SSSR count). The number of hydrogen-bond acceptors (Lipinski definition) is 3. The molecule has 0 fully saturated rings. The minimum atomic E-state index is -1.07. The molecule has 2 amide bonds. The minimum absolute atomic E-state index is 0.227. The predicted octanol–water partition coefficient (Wildman–Crippen LogP) is 2.97. The van der Waals surface area contributed by atoms with E-state index < -0.39 is 11.4 Å². The summed E-state index contributed by atoms with van der Waals surface area (Å²) in [7, 11) is 0. The third-order valence-electron chi connectivity index (χ3n) is 3.73. The third-order valence-corrected chi connectivity index (χ3v) is 3.73. The number of rotatable bonds is 6. The van der Waals surface area contributed by atoms with E-state index in [1.165, 1.54) is 0 Å². The van der Waals surface area contributed by atoms with E-state index >= 15 is 0 Å². The quantitative estimate of drug-likeness (QED) is 0.859. The molecule has 0 aliphatic rings. The first-order chi connectivity index (χ1) is 10.8. The molecule has 23 heavy (non-hydrogen) atoms. The molecule has 5 nitrogen and oxygen atoms in total. The van der Waals surface area contributed by atoms with Gasteiger partial charge < -0.3 is 15.5 Å². The first kappa shape index (κ1) is 16.8. The van der Waals surface area contributed by atoms with E-state index in [1.54, 1.807) is 37.6 Å². The first-order valence-electron chi connectivity index (χ1n) is 7.57. The second kappa shape index (κ2) is 6.69. The molecule has 5 heteroatoms. The summed E-state index contributed by atoms with van der Waals surface area (Å²) in [6, 6.07) is 8.97. The molecule has 1 atom stereocenters. The highest BCUT2D eigenvalue weighted by molar-refractivity contribution is 5.99. The lowest BCUT2D eigenvalue weighted by molar-refractivity contribution is -0.124. The van der Waals surface area contributed by atoms with Gasteiger partial charge >= 0.3 is 0 Å². The Kier molecular flexibility index (Phi) is 4.89. The average Bonchev–Trinajstić information content (AvgIpc) is 3.00. The molecule has 0 bridgehead atoms. The number of primary amides is 1. The van der Waals surface area contributed by atoms with E-state index in [-0.39, 0.29) is 11.8 Å². The molecule has 2 aromatic rings. The van der Waals surface area contributed by atoms with Gasteiger partial charge in [-0.3, -0.25) is 9.59 Å². The molecule has 1 unspecified atom stereocenters. The smallest absolute Gasteiger partial charge is 0.252 e. The van der Waals surface area contributed by atoms with Crippen molar-refractivity contribution in [3.05, 3.63) is 48.4 Å². The lowest BCUT2D eigenvalue weighted by atomic mass is 9.89. The molecule has 0 aliphatic carbocycles. The molecule has 0 saturated heterocycles. The number of carbonyl (C=O) groups excluding carboxylic acids is 2. The van der Waals surface area contributed by atoms with Crippen LogP contribution in [-0.2, 0) is 4.79 Å². The number of benzene rings is 1. The van der Waals surface area contributed by atoms with Crippen LogP contribution in [0.2, 0.25) is 0 Å². The van der Waals surface area contributed by atoms with Crippen LogP contribution in [-0.4, -0.2) is 17.4 Å². The Hall–Kier alpha value is -2.56. The summed E-state index contributed by atoms with van der Waals surface area (Å²) in [5.41, 5.74) is 6.65. The largest absolute Gasteiger partial charge is 0.472 e. The zero-order valence-corrected chi connectivity index (χ0v) is 13.6. The Morgan fingerprint density at radius 1 is 1.26 bits per heavy atom. The van der Waals surface area contributed by atoms with Gasteiger partial charge in [-0.15, -0.1) is 0 Å². The van der Waals surface area contributed by atoms with E-state index in [4.69, 9.17) is 10.2 Å². The van der Waals surface area contributed by atoms with E-state index in [0.29, 0.717) is 12.0 Å². The summed E-state index contributed by atoms with van der Waals surface area (Å²) in [5, 5.41) is 2.78. The maximum absolute atomic E-state index is 12.5. The van der Waals surface area contributed by atoms with Crippen LogP contribution in [0.5, 0.6) is 0 Å². The summed E-state index contributed by atoms with van der Waals surface area (Å²) in [6.07, 6.45) is 3.67. The highest BCUT2D eigenvalue weighted by atomic mass is 16.3. The molecule has 122 valence electrons. The molecule has 1 aromatic carbocycles. The fourth-order valence-corrected chi connectivity index (χ4v) is 2.62. The van der Waals surface area contributed by atoms with Crippen LogP contribution in [0.1, 0.15) is 37.6 Å². The number of nitrogens with one attached hydrogen (secondary N) is 1. The van der Waals surface area contributed by atoms with Crippen LogP contribution in [0.4, 0.5) is 0 Å². The molecular weight excluding hydrogens is 292 g/mol. The lowest BCUT2D eigenvalue weighted by Gasteiger charge is -2.29. The predicted molar refractivity (Wildman–Crippen MR) is 88.7 cm³/mol. The maximum atomic E-state index is 12.5. The van der Waals surface area contributed by atoms with Crippen LogP contribution in [0.3, 0.4) is 0 Å². The topological polar surface area (TPSA) is 85.3 Å². The highest BCUT2D eigenvalue weighted by Crippen LogP contribution is 2.22. The molecule has 0 saturated carbocycles. The summed E-state index contributed by atoms with van der Waals surface area (Å²) in [4.78, 5) is 24.3. The van der Waals surface area contributed by atoms with Crippen molar-refractivity contribution in [2.45, 2.75) is 32.7 Å². The van der Waals surface area contributed by atoms with Gasteiger partial charge in [0.2, 0.25) is 5.91 Å². The van der Waals surface area contributed by atoms with Crippen molar-refractivity contribution in [3.8, 4) is 11.1 Å². The molecule has 1 aromatic heterocycles. The van der Waals surface area contributed by atoms with Crippen LogP contribution in [0.25, 0.3) is 11.1 Å². The van der Waals surface area contributed by atoms with Crippen molar-refractivity contribution >= 4 is 11.8 Å². The minimum Gasteiger partial charge on any atom is -0.472 e. The highest BCUT2D eigenvalue weighted by Gasteiger charge is 2.33. The van der Waals surface area contributed by atoms with Crippen molar-refractivity contribution in [1.29, 1.82) is 0 Å². The fourth-order valence-electron chi connectivity index (χ4n) is 2.62. The van der Waals surface area contributed by atoms with E-state index in [9.17, 15) is 9.59 Å². The second-order valence-corrected chi connectivity index (χ2v) is 6.34. The van der Waals surface area contributed by atoms with Gasteiger partial charge in [0.1, 0.15) is 5.54 Å². The Balaban J connectivity index is 2.23. The van der Waals surface area contributed by atoms with Gasteiger partial charge in [-0.05, 0) is 43.0 Å². The van der Waals surface area contributed by atoms with E-state index in [0.717, 1.165) is 11.1 Å². The Morgan fingerprint density at radius 3 is 2.57 bits per heavy atom. The van der Waals surface area contributed by atoms with Gasteiger partial charge in [0.05, 0.1) is 12.5 Å². The zero-order valence-electron chi connectivity index (χ0n) is 13.6. The second-order valence-electron chi connectivity index (χ2n) is 6.34. The zero-order chi connectivity index (χ0) is 17.0. The maximum Gasteiger partial charge on any atom is 0.252 e. The Bertz CT molecular complexity index is 692. The Labute approximate surface area is 135 Å². The molecule has 1 heterocycles. The number of hydrogen-bond donors (Lipinski definition) is 2. The van der Waals surface area contributed by atoms with Crippen LogP contribution in [0.15, 0.2) is 47.3 Å². The van der Waals surface area contributed by atoms with Gasteiger partial charge in [0, 0.05) is 11.1 Å². The third kappa shape index (κ3) is 4.00. The summed E-state index contributed by atoms with van der Waals surface area (Å²) >= 11 is 0. The van der Waals surface area contributed by atoms with Gasteiger partial charge in [-0.25, -0.2) is 0 Å². The van der Waals surface area contributed by atoms with Crippen molar-refractivity contribution in [1.82, 2.24) is 5.32 Å². The summed E-state index contributed by atoms with van der Waals surface area (Å²) in [6.45, 7) is 5.62. The van der Waals surface area contributed by atoms with Crippen LogP contribution >= 0.6 is 0 Å². The van der Waals surface area contributed by atoms with Crippen molar-refractivity contribution in [2.75, 3.05) is 0 Å². The standard InChI is InChI=1S/C18H22N2O3/c1-12(2)10-18(3,17(19)22)20-16(21)14-6-4-5-13(9-14)15-7-8-23-11-15/h4-9,11-12H,10H2,1-3H3,(H2,19,22)(H,20,21). The van der Waals surface area contributed by atoms with Crippen LogP contribution < -0.4 is 11.1 Å². The monoisotopic (exact) mass is 314 g/mol. The summed E-state index contributed by atoms with van der Waals surface area (Å²) in [5.74, 6) is -0.632. The first-order valence-corrected chi connectivity index (χ1v) is 7.57. The molecule has 0 radical (unpaired) electrons. The van der Waals surface area contributed by atoms with E-state index in [1.807, 2.05) is 26.0 Å². The molecule has 0 aliphatic heterocycles. The normalized spacial score (nSPS) is 13.6. The van der Waals surface area contributed by atoms with Gasteiger partial charge in [0.15, 0.2) is 0 Å². The van der Waals surface area contributed by atoms with Gasteiger partial charge in [0.25, 0.3) is 5.91 Å². The molecule has 0 spiro atoms. The number of furan rings is 1. The lowest BCUT2D eigenvalue weighted by Crippen LogP contribution is -2.56. The Morgan fingerprint density at radius 2 is 2.00 bits per heavy atom. The fraction of sp³-hybridized carbons (Fsp3) is 0.333. The number of amides is 2. The number of nitrogens with two attached hydrogens (primary N) is 1. The van der Waals surface area contributed by atoms with Gasteiger partial charge in [-0.1, -0.05) is 26.0 Å². The SMILES string of the molecule is CC(C)CC(C)(NC(=O)c1cccc(-c2ccoc2)c1)C(N)=O. The van der Waals surface area contributed by atoms with E-state index in [2.05, 4.69) is 5.32 Å². The number of carbonyl (C=O) groups is 2. The van der Waals surface area contributed by atoms with Crippen LogP contribution in [0, 0.1) is 5.92 Å². The van der Waals surface area contributed by atoms with Crippen molar-refractivity contribution < 1.29 is 14.0 Å². The van der Waals surface area contributed by atoms with Gasteiger partial charge in [-0.2, -0.15) is 0 Å². The average molecular weight is 314 g/mol. The van der Waals surface area contributed by atoms with Crippen molar-refractivity contribution in [3.63, 3.8) is 0 Å².